The van der Waals surface area contributed by atoms with Gasteiger partial charge in [-0.15, -0.1) is 0 Å². The Morgan fingerprint density at radius 2 is 2.15 bits per heavy atom. The molecule has 6 heteroatoms. The van der Waals surface area contributed by atoms with E-state index in [0.717, 1.165) is 24.2 Å². The van der Waals surface area contributed by atoms with Crippen LogP contribution in [0.5, 0.6) is 0 Å². The number of hydrogen-bond acceptors (Lipinski definition) is 5. The van der Waals surface area contributed by atoms with Gasteiger partial charge in [-0.25, -0.2) is 0 Å². The number of nitrogens with zero attached hydrogens (tertiary/aromatic N) is 2. The smallest absolute Gasteiger partial charge is 0.310 e. The van der Waals surface area contributed by atoms with Crippen LogP contribution in [0.25, 0.3) is 0 Å². The maximum absolute atomic E-state index is 10.7. The number of nitrogens with one attached hydrogen (secondary N) is 1. The Balaban J connectivity index is 1.55. The van der Waals surface area contributed by atoms with E-state index in [4.69, 9.17) is 0 Å². The molecule has 1 N–H and O–H groups in total. The summed E-state index contributed by atoms with van der Waals surface area (Å²) in [4.78, 5) is 12.9. The number of hydrogen-bond donors (Lipinski definition) is 1. The zero-order valence-electron chi connectivity index (χ0n) is 11.7. The standard InChI is InChI=1S/C14H21N3O2S/c1-16-12-3-2-4-13(16)7-11(6-12)15-8-10-5-14(17(18)19)20-9-10/h5,9,11-13,15H,2-4,6-8H2,1H3. The molecular formula is C14H21N3O2S. The molecule has 3 heterocycles. The van der Waals surface area contributed by atoms with Gasteiger partial charge in [-0.3, -0.25) is 10.1 Å². The Labute approximate surface area is 123 Å². The molecule has 2 unspecified atom stereocenters. The molecule has 0 radical (unpaired) electrons. The van der Waals surface area contributed by atoms with Gasteiger partial charge >= 0.3 is 5.00 Å². The van der Waals surface area contributed by atoms with E-state index in [1.807, 2.05) is 5.38 Å². The van der Waals surface area contributed by atoms with Crippen LogP contribution in [0.3, 0.4) is 0 Å². The average Bonchev–Trinajstić information content (AvgIpc) is 2.86. The van der Waals surface area contributed by atoms with E-state index in [9.17, 15) is 10.1 Å². The second kappa shape index (κ2) is 5.79. The maximum Gasteiger partial charge on any atom is 0.324 e. The van der Waals surface area contributed by atoms with Crippen molar-refractivity contribution in [2.24, 2.45) is 0 Å². The van der Waals surface area contributed by atoms with Crippen molar-refractivity contribution in [1.82, 2.24) is 10.2 Å². The van der Waals surface area contributed by atoms with Crippen molar-refractivity contribution in [3.05, 3.63) is 27.1 Å². The summed E-state index contributed by atoms with van der Waals surface area (Å²) in [6.45, 7) is 0.748. The van der Waals surface area contributed by atoms with E-state index in [2.05, 4.69) is 17.3 Å². The number of thiophene rings is 1. The van der Waals surface area contributed by atoms with E-state index in [-0.39, 0.29) is 9.92 Å². The van der Waals surface area contributed by atoms with Crippen LogP contribution in [-0.2, 0) is 6.54 Å². The first kappa shape index (κ1) is 14.0. The summed E-state index contributed by atoms with van der Waals surface area (Å²) < 4.78 is 0. The summed E-state index contributed by atoms with van der Waals surface area (Å²) >= 11 is 1.21. The Kier molecular flexibility index (Phi) is 4.05. The highest BCUT2D eigenvalue weighted by Gasteiger charge is 2.35. The lowest BCUT2D eigenvalue weighted by molar-refractivity contribution is -0.380. The molecule has 2 bridgehead atoms. The van der Waals surface area contributed by atoms with Crippen molar-refractivity contribution in [1.29, 1.82) is 0 Å². The molecule has 0 spiro atoms. The zero-order chi connectivity index (χ0) is 14.1. The Bertz CT molecular complexity index is 477. The predicted octanol–water partition coefficient (Wildman–Crippen LogP) is 2.76. The third-order valence-corrected chi connectivity index (χ3v) is 5.68. The molecule has 0 aliphatic carbocycles. The number of fused-ring (bicyclic) bond motifs is 2. The molecular weight excluding hydrogens is 274 g/mol. The van der Waals surface area contributed by atoms with Crippen LogP contribution in [0.2, 0.25) is 0 Å². The van der Waals surface area contributed by atoms with E-state index in [1.54, 1.807) is 6.07 Å². The van der Waals surface area contributed by atoms with Crippen molar-refractivity contribution in [3.63, 3.8) is 0 Å². The van der Waals surface area contributed by atoms with Crippen molar-refractivity contribution in [2.75, 3.05) is 7.05 Å². The first-order valence-corrected chi connectivity index (χ1v) is 8.18. The minimum atomic E-state index is -0.311. The molecule has 2 aliphatic rings. The third-order valence-electron chi connectivity index (χ3n) is 4.75. The van der Waals surface area contributed by atoms with Gasteiger partial charge in [0.2, 0.25) is 0 Å². The van der Waals surface area contributed by atoms with Crippen molar-refractivity contribution in [2.45, 2.75) is 56.8 Å². The molecule has 2 atom stereocenters. The van der Waals surface area contributed by atoms with Gasteiger partial charge in [-0.05, 0) is 38.3 Å². The monoisotopic (exact) mass is 295 g/mol. The number of piperidine rings is 2. The second-order valence-corrected chi connectivity index (χ2v) is 6.89. The molecule has 20 heavy (non-hydrogen) atoms. The van der Waals surface area contributed by atoms with Crippen LogP contribution in [0.4, 0.5) is 5.00 Å². The zero-order valence-corrected chi connectivity index (χ0v) is 12.6. The Morgan fingerprint density at radius 1 is 1.45 bits per heavy atom. The van der Waals surface area contributed by atoms with Crippen LogP contribution >= 0.6 is 11.3 Å². The largest absolute Gasteiger partial charge is 0.324 e. The molecule has 0 aromatic carbocycles. The van der Waals surface area contributed by atoms with Gasteiger partial charge in [0.05, 0.1) is 4.92 Å². The molecule has 2 aliphatic heterocycles. The highest BCUT2D eigenvalue weighted by molar-refractivity contribution is 7.13. The van der Waals surface area contributed by atoms with Gasteiger partial charge in [0.25, 0.3) is 0 Å². The third kappa shape index (κ3) is 2.87. The Hall–Kier alpha value is -0.980. The summed E-state index contributed by atoms with van der Waals surface area (Å²) in [6, 6.07) is 3.68. The molecule has 0 amide bonds. The molecule has 3 rings (SSSR count). The molecule has 1 aromatic heterocycles. The van der Waals surface area contributed by atoms with Crippen LogP contribution in [0.1, 0.15) is 37.7 Å². The van der Waals surface area contributed by atoms with Gasteiger partial charge < -0.3 is 10.2 Å². The second-order valence-electron chi connectivity index (χ2n) is 6.00. The number of nitro groups is 1. The van der Waals surface area contributed by atoms with Crippen LogP contribution < -0.4 is 5.32 Å². The summed E-state index contributed by atoms with van der Waals surface area (Å²) in [5.74, 6) is 0. The van der Waals surface area contributed by atoms with Gasteiger partial charge in [-0.1, -0.05) is 17.8 Å². The SMILES string of the molecule is CN1C2CCCC1CC(NCc1csc([N+](=O)[O-])c1)C2. The minimum Gasteiger partial charge on any atom is -0.310 e. The predicted molar refractivity (Wildman–Crippen MR) is 80.0 cm³/mol. The fraction of sp³-hybridized carbons (Fsp3) is 0.714. The van der Waals surface area contributed by atoms with Gasteiger partial charge in [0.1, 0.15) is 0 Å². The lowest BCUT2D eigenvalue weighted by atomic mass is 9.82. The molecule has 0 saturated carbocycles. The first-order valence-electron chi connectivity index (χ1n) is 7.30. The lowest BCUT2D eigenvalue weighted by Gasteiger charge is -2.47. The van der Waals surface area contributed by atoms with E-state index >= 15 is 0 Å². The summed E-state index contributed by atoms with van der Waals surface area (Å²) in [5, 5.41) is 16.4. The Morgan fingerprint density at radius 3 is 2.75 bits per heavy atom. The highest BCUT2D eigenvalue weighted by atomic mass is 32.1. The first-order chi connectivity index (χ1) is 9.63. The average molecular weight is 295 g/mol. The fourth-order valence-electron chi connectivity index (χ4n) is 3.60. The van der Waals surface area contributed by atoms with Gasteiger partial charge in [0, 0.05) is 36.1 Å². The minimum absolute atomic E-state index is 0.238. The van der Waals surface area contributed by atoms with Crippen molar-refractivity contribution in [3.8, 4) is 0 Å². The van der Waals surface area contributed by atoms with Crippen molar-refractivity contribution >= 4 is 16.3 Å². The summed E-state index contributed by atoms with van der Waals surface area (Å²) in [5.41, 5.74) is 1.03. The molecule has 2 saturated heterocycles. The lowest BCUT2D eigenvalue weighted by Crippen LogP contribution is -2.54. The fourth-order valence-corrected chi connectivity index (χ4v) is 4.32. The van der Waals surface area contributed by atoms with E-state index in [1.165, 1.54) is 43.4 Å². The summed E-state index contributed by atoms with van der Waals surface area (Å²) in [6.07, 6.45) is 6.41. The van der Waals surface area contributed by atoms with Crippen LogP contribution in [-0.4, -0.2) is 35.0 Å². The van der Waals surface area contributed by atoms with Crippen molar-refractivity contribution < 1.29 is 4.92 Å². The topological polar surface area (TPSA) is 58.4 Å². The van der Waals surface area contributed by atoms with E-state index in [0.29, 0.717) is 6.04 Å². The summed E-state index contributed by atoms with van der Waals surface area (Å²) in [7, 11) is 2.26. The molecule has 2 fully saturated rings. The van der Waals surface area contributed by atoms with Crippen LogP contribution in [0, 0.1) is 10.1 Å². The highest BCUT2D eigenvalue weighted by Crippen LogP contribution is 2.32. The molecule has 1 aromatic rings. The maximum atomic E-state index is 10.7. The van der Waals surface area contributed by atoms with E-state index < -0.39 is 0 Å². The number of rotatable bonds is 4. The van der Waals surface area contributed by atoms with Crippen LogP contribution in [0.15, 0.2) is 11.4 Å². The normalized spacial score (nSPS) is 30.4. The molecule has 110 valence electrons. The molecule has 5 nitrogen and oxygen atoms in total. The van der Waals surface area contributed by atoms with Gasteiger partial charge in [0.15, 0.2) is 0 Å². The quantitative estimate of drug-likeness (QED) is 0.685. The van der Waals surface area contributed by atoms with Gasteiger partial charge in [-0.2, -0.15) is 0 Å².